The molecule has 0 spiro atoms. The zero-order valence-electron chi connectivity index (χ0n) is 18.1. The van der Waals surface area contributed by atoms with E-state index in [-0.39, 0.29) is 25.8 Å². The lowest BCUT2D eigenvalue weighted by Gasteiger charge is -2.28. The highest BCUT2D eigenvalue weighted by atomic mass is 16.4. The molecule has 3 amide bonds. The summed E-state index contributed by atoms with van der Waals surface area (Å²) in [4.78, 5) is 73.0. The minimum Gasteiger partial charge on any atom is -0.481 e. The first-order chi connectivity index (χ1) is 15.6. The average Bonchev–Trinajstić information content (AvgIpc) is 3.45. The van der Waals surface area contributed by atoms with Gasteiger partial charge in [-0.15, -0.1) is 0 Å². The molecule has 184 valence electrons. The summed E-state index contributed by atoms with van der Waals surface area (Å²) in [5.41, 5.74) is 0. The number of carbonyl (C=O) groups excluding carboxylic acids is 3. The molecule has 2 fully saturated rings. The monoisotopic (exact) mass is 470 g/mol. The van der Waals surface area contributed by atoms with E-state index in [9.17, 15) is 33.9 Å². The Hall–Kier alpha value is -3.22. The third kappa shape index (κ3) is 7.70. The van der Waals surface area contributed by atoms with Gasteiger partial charge in [-0.2, -0.15) is 0 Å². The minimum atomic E-state index is -1.33. The Bertz CT molecular complexity index is 781. The van der Waals surface area contributed by atoms with Gasteiger partial charge in [0.05, 0.1) is 6.04 Å². The third-order valence-corrected chi connectivity index (χ3v) is 5.74. The van der Waals surface area contributed by atoms with Gasteiger partial charge in [0.15, 0.2) is 0 Å². The second-order valence-corrected chi connectivity index (χ2v) is 8.16. The van der Waals surface area contributed by atoms with Crippen molar-refractivity contribution in [3.05, 3.63) is 0 Å². The number of aliphatic carboxylic acids is 3. The number of nitrogens with one attached hydrogen (secondary N) is 3. The van der Waals surface area contributed by atoms with Crippen molar-refractivity contribution in [3.8, 4) is 0 Å². The second-order valence-electron chi connectivity index (χ2n) is 8.16. The summed E-state index contributed by atoms with van der Waals surface area (Å²) < 4.78 is 0. The molecular weight excluding hydrogens is 440 g/mol. The molecule has 2 rings (SSSR count). The van der Waals surface area contributed by atoms with Crippen LogP contribution in [0.25, 0.3) is 0 Å². The molecule has 2 saturated heterocycles. The number of nitrogens with zero attached hydrogens (tertiary/aromatic N) is 1. The fourth-order valence-corrected chi connectivity index (χ4v) is 4.00. The number of carboxylic acids is 3. The highest BCUT2D eigenvalue weighted by Crippen LogP contribution is 2.20. The summed E-state index contributed by atoms with van der Waals surface area (Å²) in [6, 6.07) is -4.18. The number of hydrogen-bond acceptors (Lipinski definition) is 7. The fraction of sp³-hybridized carbons (Fsp3) is 0.700. The standard InChI is InChI=1S/C20H30N4O9/c25-15(26)7-5-12(22-17(29)11-3-1-9-21-11)18(30)23-13(6-8-16(27)28)19(31)24-10-2-4-14(24)20(32)33/h11-14,21H,1-10H2,(H,22,29)(H,23,30)(H,25,26)(H,27,28)(H,32,33). The molecule has 4 atom stereocenters. The Balaban J connectivity index is 2.14. The van der Waals surface area contributed by atoms with Gasteiger partial charge in [0.25, 0.3) is 0 Å². The van der Waals surface area contributed by atoms with Crippen LogP contribution in [0.3, 0.4) is 0 Å². The van der Waals surface area contributed by atoms with E-state index in [2.05, 4.69) is 16.0 Å². The topological polar surface area (TPSA) is 202 Å². The second kappa shape index (κ2) is 12.1. The molecule has 0 aromatic rings. The Morgan fingerprint density at radius 2 is 1.52 bits per heavy atom. The first-order valence-electron chi connectivity index (χ1n) is 10.9. The maximum absolute atomic E-state index is 13.0. The summed E-state index contributed by atoms with van der Waals surface area (Å²) in [6.07, 6.45) is 0.631. The summed E-state index contributed by atoms with van der Waals surface area (Å²) in [7, 11) is 0. The lowest BCUT2D eigenvalue weighted by atomic mass is 10.1. The van der Waals surface area contributed by atoms with Gasteiger partial charge >= 0.3 is 17.9 Å². The predicted octanol–water partition coefficient (Wildman–Crippen LogP) is -1.49. The highest BCUT2D eigenvalue weighted by molar-refractivity contribution is 5.94. The average molecular weight is 470 g/mol. The van der Waals surface area contributed by atoms with E-state index in [4.69, 9.17) is 10.2 Å². The van der Waals surface area contributed by atoms with Crippen molar-refractivity contribution in [1.29, 1.82) is 0 Å². The Morgan fingerprint density at radius 3 is 2.06 bits per heavy atom. The van der Waals surface area contributed by atoms with Crippen molar-refractivity contribution >= 4 is 35.6 Å². The summed E-state index contributed by atoms with van der Waals surface area (Å²) in [5, 5.41) is 35.2. The molecule has 0 aromatic heterocycles. The smallest absolute Gasteiger partial charge is 0.326 e. The van der Waals surface area contributed by atoms with Crippen LogP contribution in [-0.2, 0) is 28.8 Å². The van der Waals surface area contributed by atoms with Gasteiger partial charge in [-0.25, -0.2) is 4.79 Å². The Morgan fingerprint density at radius 1 is 0.879 bits per heavy atom. The molecular formula is C20H30N4O9. The van der Waals surface area contributed by atoms with Gasteiger partial charge < -0.3 is 36.2 Å². The minimum absolute atomic E-state index is 0.155. The van der Waals surface area contributed by atoms with E-state index in [1.54, 1.807) is 0 Å². The molecule has 0 aromatic carbocycles. The number of carboxylic acid groups (broad SMARTS) is 3. The van der Waals surface area contributed by atoms with Gasteiger partial charge in [-0.05, 0) is 45.1 Å². The summed E-state index contributed by atoms with van der Waals surface area (Å²) in [5.74, 6) is -5.62. The number of amides is 3. The number of likely N-dealkylation sites (tertiary alicyclic amines) is 1. The summed E-state index contributed by atoms with van der Waals surface area (Å²) in [6.45, 7) is 0.790. The molecule has 2 heterocycles. The van der Waals surface area contributed by atoms with Gasteiger partial charge in [-0.1, -0.05) is 0 Å². The van der Waals surface area contributed by atoms with Crippen LogP contribution in [-0.4, -0.2) is 93.1 Å². The zero-order valence-corrected chi connectivity index (χ0v) is 18.1. The molecule has 13 heteroatoms. The Labute approximate surface area is 189 Å². The van der Waals surface area contributed by atoms with E-state index in [0.29, 0.717) is 19.4 Å². The predicted molar refractivity (Wildman–Crippen MR) is 111 cm³/mol. The van der Waals surface area contributed by atoms with Crippen LogP contribution in [0, 0.1) is 0 Å². The lowest BCUT2D eigenvalue weighted by molar-refractivity contribution is -0.150. The molecule has 0 aliphatic carbocycles. The number of carbonyl (C=O) groups is 6. The molecule has 13 nitrogen and oxygen atoms in total. The molecule has 0 bridgehead atoms. The van der Waals surface area contributed by atoms with Crippen molar-refractivity contribution in [1.82, 2.24) is 20.9 Å². The van der Waals surface area contributed by atoms with Crippen LogP contribution >= 0.6 is 0 Å². The zero-order chi connectivity index (χ0) is 24.5. The van der Waals surface area contributed by atoms with Crippen LogP contribution in [0.2, 0.25) is 0 Å². The van der Waals surface area contributed by atoms with Crippen molar-refractivity contribution in [2.24, 2.45) is 0 Å². The highest BCUT2D eigenvalue weighted by Gasteiger charge is 2.38. The Kier molecular flexibility index (Phi) is 9.57. The SMILES string of the molecule is O=C(O)CCC(NC(=O)C1CCCN1)C(=O)NC(CCC(=O)O)C(=O)N1CCCC1C(=O)O. The molecule has 4 unspecified atom stereocenters. The molecule has 6 N–H and O–H groups in total. The first-order valence-corrected chi connectivity index (χ1v) is 10.9. The lowest BCUT2D eigenvalue weighted by Crippen LogP contribution is -2.57. The van der Waals surface area contributed by atoms with Gasteiger partial charge in [0.1, 0.15) is 18.1 Å². The van der Waals surface area contributed by atoms with Crippen LogP contribution in [0.15, 0.2) is 0 Å². The summed E-state index contributed by atoms with van der Waals surface area (Å²) >= 11 is 0. The number of hydrogen-bond donors (Lipinski definition) is 6. The van der Waals surface area contributed by atoms with E-state index >= 15 is 0 Å². The van der Waals surface area contributed by atoms with Crippen molar-refractivity contribution in [2.75, 3.05) is 13.1 Å². The molecule has 33 heavy (non-hydrogen) atoms. The largest absolute Gasteiger partial charge is 0.481 e. The van der Waals surface area contributed by atoms with Gasteiger partial charge in [-0.3, -0.25) is 24.0 Å². The first kappa shape index (κ1) is 26.0. The molecule has 2 aliphatic heterocycles. The van der Waals surface area contributed by atoms with Crippen LogP contribution in [0.5, 0.6) is 0 Å². The van der Waals surface area contributed by atoms with Crippen molar-refractivity contribution < 1.29 is 44.1 Å². The van der Waals surface area contributed by atoms with Gasteiger partial charge in [0, 0.05) is 19.4 Å². The van der Waals surface area contributed by atoms with Crippen LogP contribution < -0.4 is 16.0 Å². The van der Waals surface area contributed by atoms with E-state index in [1.807, 2.05) is 0 Å². The van der Waals surface area contributed by atoms with Crippen molar-refractivity contribution in [2.45, 2.75) is 75.5 Å². The fourth-order valence-electron chi connectivity index (χ4n) is 4.00. The quantitative estimate of drug-likeness (QED) is 0.195. The number of rotatable bonds is 12. The van der Waals surface area contributed by atoms with E-state index in [0.717, 1.165) is 11.3 Å². The van der Waals surface area contributed by atoms with Crippen molar-refractivity contribution in [3.63, 3.8) is 0 Å². The van der Waals surface area contributed by atoms with E-state index < -0.39 is 72.6 Å². The maximum atomic E-state index is 13.0. The molecule has 2 aliphatic rings. The molecule has 0 radical (unpaired) electrons. The van der Waals surface area contributed by atoms with E-state index in [1.165, 1.54) is 0 Å². The van der Waals surface area contributed by atoms with Gasteiger partial charge in [0.2, 0.25) is 17.7 Å². The molecule has 0 saturated carbocycles. The normalized spacial score (nSPS) is 21.8. The van der Waals surface area contributed by atoms with Crippen LogP contribution in [0.4, 0.5) is 0 Å². The van der Waals surface area contributed by atoms with Crippen LogP contribution in [0.1, 0.15) is 51.4 Å². The maximum Gasteiger partial charge on any atom is 0.326 e. The third-order valence-electron chi connectivity index (χ3n) is 5.74.